The lowest BCUT2D eigenvalue weighted by Gasteiger charge is -2.21. The second-order valence-electron chi connectivity index (χ2n) is 5.40. The maximum Gasteiger partial charge on any atom is 0.162 e. The van der Waals surface area contributed by atoms with Crippen LogP contribution in [0.15, 0.2) is 30.3 Å². The van der Waals surface area contributed by atoms with Gasteiger partial charge in [-0.15, -0.1) is 5.54 Å². The minimum absolute atomic E-state index is 0.0374. The van der Waals surface area contributed by atoms with Crippen LogP contribution in [-0.2, 0) is 9.47 Å². The van der Waals surface area contributed by atoms with Crippen LogP contribution >= 0.6 is 0 Å². The third kappa shape index (κ3) is 4.50. The van der Waals surface area contributed by atoms with Crippen molar-refractivity contribution in [3.05, 3.63) is 30.3 Å². The van der Waals surface area contributed by atoms with Gasteiger partial charge in [-0.05, 0) is 24.4 Å². The molecule has 3 heteroatoms. The van der Waals surface area contributed by atoms with Crippen molar-refractivity contribution in [2.45, 2.75) is 38.6 Å². The Morgan fingerprint density at radius 1 is 1.26 bits per heavy atom. The maximum absolute atomic E-state index is 5.64. The van der Waals surface area contributed by atoms with E-state index in [1.807, 2.05) is 6.07 Å². The number of benzene rings is 1. The van der Waals surface area contributed by atoms with Crippen molar-refractivity contribution in [3.8, 4) is 11.5 Å². The molecule has 1 heterocycles. The highest BCUT2D eigenvalue weighted by Gasteiger charge is 2.20. The SMILES string of the molecule is C[Si](C)(C#CCOC1CCCCO1)c1ccccc1. The van der Waals surface area contributed by atoms with E-state index in [4.69, 9.17) is 9.47 Å². The van der Waals surface area contributed by atoms with Gasteiger partial charge in [-0.1, -0.05) is 49.3 Å². The van der Waals surface area contributed by atoms with E-state index >= 15 is 0 Å². The lowest BCUT2D eigenvalue weighted by atomic mass is 10.2. The number of rotatable bonds is 3. The molecule has 0 amide bonds. The first-order chi connectivity index (χ1) is 9.18. The van der Waals surface area contributed by atoms with Gasteiger partial charge in [0.15, 0.2) is 14.4 Å². The molecular weight excluding hydrogens is 252 g/mol. The van der Waals surface area contributed by atoms with Gasteiger partial charge in [0.25, 0.3) is 0 Å². The second-order valence-corrected chi connectivity index (χ2v) is 9.48. The Morgan fingerprint density at radius 2 is 2.05 bits per heavy atom. The van der Waals surface area contributed by atoms with Gasteiger partial charge < -0.3 is 9.47 Å². The largest absolute Gasteiger partial charge is 0.353 e. The van der Waals surface area contributed by atoms with Crippen molar-refractivity contribution in [1.29, 1.82) is 0 Å². The molecule has 0 N–H and O–H groups in total. The molecule has 0 radical (unpaired) electrons. The molecule has 1 aliphatic rings. The fourth-order valence-corrected chi connectivity index (χ4v) is 3.85. The van der Waals surface area contributed by atoms with Crippen LogP contribution in [0.3, 0.4) is 0 Å². The first-order valence-electron chi connectivity index (χ1n) is 6.97. The predicted octanol–water partition coefficient (Wildman–Crippen LogP) is 2.69. The van der Waals surface area contributed by atoms with E-state index in [0.29, 0.717) is 6.61 Å². The highest BCUT2D eigenvalue weighted by molar-refractivity contribution is 6.96. The summed E-state index contributed by atoms with van der Waals surface area (Å²) in [6.45, 7) is 5.84. The summed E-state index contributed by atoms with van der Waals surface area (Å²) in [7, 11) is -1.65. The van der Waals surface area contributed by atoms with E-state index in [-0.39, 0.29) is 6.29 Å². The van der Waals surface area contributed by atoms with Crippen LogP contribution in [0, 0.1) is 11.5 Å². The van der Waals surface area contributed by atoms with E-state index in [9.17, 15) is 0 Å². The monoisotopic (exact) mass is 274 g/mol. The number of ether oxygens (including phenoxy) is 2. The van der Waals surface area contributed by atoms with Gasteiger partial charge in [0, 0.05) is 6.61 Å². The van der Waals surface area contributed by atoms with Crippen LogP contribution in [-0.4, -0.2) is 27.6 Å². The molecule has 2 nitrogen and oxygen atoms in total. The van der Waals surface area contributed by atoms with Crippen molar-refractivity contribution in [2.75, 3.05) is 13.2 Å². The van der Waals surface area contributed by atoms with Crippen LogP contribution in [0.4, 0.5) is 0 Å². The first-order valence-corrected chi connectivity index (χ1v) is 9.97. The van der Waals surface area contributed by atoms with Crippen LogP contribution in [0.5, 0.6) is 0 Å². The van der Waals surface area contributed by atoms with Gasteiger partial charge in [0.05, 0.1) is 0 Å². The van der Waals surface area contributed by atoms with Gasteiger partial charge in [-0.2, -0.15) is 0 Å². The van der Waals surface area contributed by atoms with Crippen molar-refractivity contribution >= 4 is 13.3 Å². The molecule has 19 heavy (non-hydrogen) atoms. The Balaban J connectivity index is 1.85. The second kappa shape index (κ2) is 6.90. The summed E-state index contributed by atoms with van der Waals surface area (Å²) in [5, 5.41) is 1.37. The van der Waals surface area contributed by atoms with Gasteiger partial charge in [0.1, 0.15) is 6.61 Å². The number of hydrogen-bond donors (Lipinski definition) is 0. The third-order valence-corrected chi connectivity index (χ3v) is 5.95. The maximum atomic E-state index is 5.64. The van der Waals surface area contributed by atoms with Crippen molar-refractivity contribution in [3.63, 3.8) is 0 Å². The summed E-state index contributed by atoms with van der Waals surface area (Å²) in [6.07, 6.45) is 3.31. The van der Waals surface area contributed by atoms with Gasteiger partial charge in [0.2, 0.25) is 0 Å². The standard InChI is InChI=1S/C16H22O2Si/c1-19(2,15-9-4-3-5-10-15)14-8-13-18-16-11-6-7-12-17-16/h3-5,9-10,16H,6-7,11-13H2,1-2H3. The summed E-state index contributed by atoms with van der Waals surface area (Å²) >= 11 is 0. The molecule has 1 aromatic carbocycles. The van der Waals surface area contributed by atoms with E-state index in [2.05, 4.69) is 48.8 Å². The molecule has 0 aromatic heterocycles. The van der Waals surface area contributed by atoms with Gasteiger partial charge in [-0.3, -0.25) is 0 Å². The molecule has 0 saturated carbocycles. The Bertz CT molecular complexity index is 439. The third-order valence-electron chi connectivity index (χ3n) is 3.38. The van der Waals surface area contributed by atoms with Crippen molar-refractivity contribution in [1.82, 2.24) is 0 Å². The Labute approximate surface area is 117 Å². The molecule has 0 bridgehead atoms. The van der Waals surface area contributed by atoms with Crippen molar-refractivity contribution in [2.24, 2.45) is 0 Å². The lowest BCUT2D eigenvalue weighted by Crippen LogP contribution is -2.40. The zero-order valence-corrected chi connectivity index (χ0v) is 12.8. The minimum atomic E-state index is -1.65. The normalized spacial score (nSPS) is 19.6. The fraction of sp³-hybridized carbons (Fsp3) is 0.500. The highest BCUT2D eigenvalue weighted by Crippen LogP contribution is 2.13. The quantitative estimate of drug-likeness (QED) is 0.623. The zero-order valence-electron chi connectivity index (χ0n) is 11.8. The molecule has 1 saturated heterocycles. The van der Waals surface area contributed by atoms with Gasteiger partial charge >= 0.3 is 0 Å². The highest BCUT2D eigenvalue weighted by atomic mass is 28.3. The fourth-order valence-electron chi connectivity index (χ4n) is 2.16. The smallest absolute Gasteiger partial charge is 0.162 e. The molecule has 1 fully saturated rings. The molecule has 102 valence electrons. The number of hydrogen-bond acceptors (Lipinski definition) is 2. The zero-order chi connectivity index (χ0) is 13.6. The summed E-state index contributed by atoms with van der Waals surface area (Å²) in [6, 6.07) is 10.6. The summed E-state index contributed by atoms with van der Waals surface area (Å²) in [5.41, 5.74) is 3.42. The Morgan fingerprint density at radius 3 is 2.74 bits per heavy atom. The van der Waals surface area contributed by atoms with Crippen LogP contribution < -0.4 is 5.19 Å². The lowest BCUT2D eigenvalue weighted by molar-refractivity contribution is -0.154. The van der Waals surface area contributed by atoms with Crippen LogP contribution in [0.1, 0.15) is 19.3 Å². The Hall–Kier alpha value is -1.08. The molecule has 0 aliphatic carbocycles. The molecule has 2 rings (SSSR count). The van der Waals surface area contributed by atoms with Crippen LogP contribution in [0.25, 0.3) is 0 Å². The molecule has 1 aliphatic heterocycles. The van der Waals surface area contributed by atoms with E-state index in [1.54, 1.807) is 0 Å². The van der Waals surface area contributed by atoms with E-state index < -0.39 is 8.07 Å². The predicted molar refractivity (Wildman–Crippen MR) is 80.9 cm³/mol. The molecule has 1 aromatic rings. The minimum Gasteiger partial charge on any atom is -0.353 e. The summed E-state index contributed by atoms with van der Waals surface area (Å²) < 4.78 is 11.2. The van der Waals surface area contributed by atoms with Crippen molar-refractivity contribution < 1.29 is 9.47 Å². The summed E-state index contributed by atoms with van der Waals surface area (Å²) in [4.78, 5) is 0. The average molecular weight is 274 g/mol. The first kappa shape index (κ1) is 14.3. The van der Waals surface area contributed by atoms with Crippen LogP contribution in [0.2, 0.25) is 13.1 Å². The molecular formula is C16H22O2Si. The average Bonchev–Trinajstić information content (AvgIpc) is 2.46. The topological polar surface area (TPSA) is 18.5 Å². The molecule has 1 atom stereocenters. The molecule has 0 spiro atoms. The summed E-state index contributed by atoms with van der Waals surface area (Å²) in [5.74, 6) is 3.18. The van der Waals surface area contributed by atoms with Gasteiger partial charge in [-0.25, -0.2) is 0 Å². The van der Waals surface area contributed by atoms with E-state index in [1.165, 1.54) is 11.6 Å². The van der Waals surface area contributed by atoms with E-state index in [0.717, 1.165) is 19.4 Å². The Kier molecular flexibility index (Phi) is 5.21. The molecule has 1 unspecified atom stereocenters.